The first kappa shape index (κ1) is 17.3. The van der Waals surface area contributed by atoms with Crippen LogP contribution in [0, 0.1) is 0 Å². The summed E-state index contributed by atoms with van der Waals surface area (Å²) >= 11 is 1.48. The number of fused-ring (bicyclic) bond motifs is 1. The van der Waals surface area contributed by atoms with Gasteiger partial charge in [-0.1, -0.05) is 17.8 Å². The molecule has 4 atom stereocenters. The second kappa shape index (κ2) is 7.25. The molecular formula is C16H17N5O4S. The summed E-state index contributed by atoms with van der Waals surface area (Å²) in [5.41, 5.74) is 1.98. The van der Waals surface area contributed by atoms with Crippen LogP contribution in [-0.2, 0) is 10.5 Å². The molecular weight excluding hydrogens is 358 g/mol. The highest BCUT2D eigenvalue weighted by Crippen LogP contribution is 2.33. The van der Waals surface area contributed by atoms with Crippen LogP contribution >= 0.6 is 11.8 Å². The molecule has 3 N–H and O–H groups in total. The van der Waals surface area contributed by atoms with E-state index in [9.17, 15) is 15.3 Å². The highest BCUT2D eigenvalue weighted by Gasteiger charge is 2.44. The topological polar surface area (TPSA) is 126 Å². The minimum Gasteiger partial charge on any atom is -0.394 e. The largest absolute Gasteiger partial charge is 0.394 e. The van der Waals surface area contributed by atoms with Crippen LogP contribution < -0.4 is 0 Å². The van der Waals surface area contributed by atoms with Crippen LogP contribution in [0.25, 0.3) is 11.2 Å². The number of thioether (sulfide) groups is 1. The van der Waals surface area contributed by atoms with Crippen molar-refractivity contribution in [1.29, 1.82) is 0 Å². The van der Waals surface area contributed by atoms with E-state index in [1.165, 1.54) is 24.4 Å². The van der Waals surface area contributed by atoms with E-state index in [-0.39, 0.29) is 6.61 Å². The van der Waals surface area contributed by atoms with Gasteiger partial charge in [-0.05, 0) is 12.1 Å². The summed E-state index contributed by atoms with van der Waals surface area (Å²) in [4.78, 5) is 17.2. The van der Waals surface area contributed by atoms with Crippen molar-refractivity contribution in [2.45, 2.75) is 35.3 Å². The van der Waals surface area contributed by atoms with Crippen molar-refractivity contribution in [2.75, 3.05) is 6.61 Å². The van der Waals surface area contributed by atoms with Gasteiger partial charge >= 0.3 is 0 Å². The third kappa shape index (κ3) is 3.06. The lowest BCUT2D eigenvalue weighted by Gasteiger charge is -2.16. The Hall–Kier alpha value is -2.11. The molecule has 1 aliphatic rings. The molecule has 0 spiro atoms. The number of aromatic nitrogens is 5. The number of aliphatic hydroxyl groups is 3. The normalized spacial score (nSPS) is 25.8. The number of imidazole rings is 1. The maximum absolute atomic E-state index is 10.2. The summed E-state index contributed by atoms with van der Waals surface area (Å²) < 4.78 is 7.10. The lowest BCUT2D eigenvalue weighted by Crippen LogP contribution is -2.33. The van der Waals surface area contributed by atoms with Gasteiger partial charge in [-0.2, -0.15) is 0 Å². The molecule has 136 valence electrons. The molecule has 3 aromatic heterocycles. The Morgan fingerprint density at radius 2 is 2.00 bits per heavy atom. The van der Waals surface area contributed by atoms with Crippen LogP contribution in [0.1, 0.15) is 11.9 Å². The maximum Gasteiger partial charge on any atom is 0.166 e. The fourth-order valence-electron chi connectivity index (χ4n) is 2.86. The minimum atomic E-state index is -1.19. The molecule has 26 heavy (non-hydrogen) atoms. The molecule has 4 heterocycles. The Kier molecular flexibility index (Phi) is 4.83. The fourth-order valence-corrected chi connectivity index (χ4v) is 3.72. The molecule has 0 aromatic carbocycles. The Morgan fingerprint density at radius 3 is 2.73 bits per heavy atom. The quantitative estimate of drug-likeness (QED) is 0.421. The molecule has 10 heteroatoms. The van der Waals surface area contributed by atoms with Gasteiger partial charge in [0.05, 0.1) is 18.6 Å². The van der Waals surface area contributed by atoms with Gasteiger partial charge in [0.1, 0.15) is 35.2 Å². The van der Waals surface area contributed by atoms with Crippen molar-refractivity contribution in [3.8, 4) is 0 Å². The van der Waals surface area contributed by atoms with Crippen molar-refractivity contribution in [3.63, 3.8) is 0 Å². The Morgan fingerprint density at radius 1 is 1.12 bits per heavy atom. The molecule has 1 aliphatic heterocycles. The van der Waals surface area contributed by atoms with Gasteiger partial charge in [0, 0.05) is 11.9 Å². The predicted octanol–water partition coefficient (Wildman–Crippen LogP) is 0.125. The van der Waals surface area contributed by atoms with Crippen molar-refractivity contribution in [3.05, 3.63) is 42.7 Å². The number of pyridine rings is 1. The summed E-state index contributed by atoms with van der Waals surface area (Å²) in [6.45, 7) is -0.387. The predicted molar refractivity (Wildman–Crippen MR) is 92.1 cm³/mol. The summed E-state index contributed by atoms with van der Waals surface area (Å²) in [6, 6.07) is 5.72. The second-order valence-electron chi connectivity index (χ2n) is 5.84. The van der Waals surface area contributed by atoms with E-state index in [1.54, 1.807) is 10.8 Å². The monoisotopic (exact) mass is 375 g/mol. The second-order valence-corrected chi connectivity index (χ2v) is 6.81. The van der Waals surface area contributed by atoms with Crippen molar-refractivity contribution < 1.29 is 20.1 Å². The van der Waals surface area contributed by atoms with Gasteiger partial charge < -0.3 is 20.1 Å². The van der Waals surface area contributed by atoms with E-state index in [4.69, 9.17) is 4.74 Å². The van der Waals surface area contributed by atoms with E-state index < -0.39 is 24.5 Å². The Balaban J connectivity index is 1.61. The number of hydrogen-bond donors (Lipinski definition) is 3. The van der Waals surface area contributed by atoms with Gasteiger partial charge in [0.2, 0.25) is 0 Å². The summed E-state index contributed by atoms with van der Waals surface area (Å²) in [5.74, 6) is 0.633. The zero-order valence-corrected chi connectivity index (χ0v) is 14.4. The molecule has 0 bridgehead atoms. The van der Waals surface area contributed by atoms with Gasteiger partial charge in [0.25, 0.3) is 0 Å². The van der Waals surface area contributed by atoms with Crippen LogP contribution in [0.2, 0.25) is 0 Å². The molecule has 9 nitrogen and oxygen atoms in total. The van der Waals surface area contributed by atoms with Gasteiger partial charge in [0.15, 0.2) is 11.9 Å². The molecule has 0 amide bonds. The molecule has 3 aromatic rings. The fraction of sp³-hybridized carbons (Fsp3) is 0.375. The van der Waals surface area contributed by atoms with E-state index in [0.717, 1.165) is 5.69 Å². The average molecular weight is 375 g/mol. The third-order valence-electron chi connectivity index (χ3n) is 4.20. The van der Waals surface area contributed by atoms with Crippen molar-refractivity contribution in [1.82, 2.24) is 24.5 Å². The Bertz CT molecular complexity index is 893. The van der Waals surface area contributed by atoms with Gasteiger partial charge in [-0.15, -0.1) is 0 Å². The van der Waals surface area contributed by atoms with Crippen LogP contribution in [-0.4, -0.2) is 64.7 Å². The number of aliphatic hydroxyl groups excluding tert-OH is 3. The molecule has 1 fully saturated rings. The zero-order valence-electron chi connectivity index (χ0n) is 13.6. The van der Waals surface area contributed by atoms with Crippen LogP contribution in [0.3, 0.4) is 0 Å². The van der Waals surface area contributed by atoms with Crippen LogP contribution in [0.4, 0.5) is 0 Å². The third-order valence-corrected chi connectivity index (χ3v) is 5.21. The molecule has 0 aliphatic carbocycles. The average Bonchev–Trinajstić information content (AvgIpc) is 3.23. The Labute approximate surface area is 152 Å². The lowest BCUT2D eigenvalue weighted by molar-refractivity contribution is -0.0511. The van der Waals surface area contributed by atoms with Crippen LogP contribution in [0.5, 0.6) is 0 Å². The molecule has 0 radical (unpaired) electrons. The number of hydrogen-bond acceptors (Lipinski definition) is 9. The smallest absolute Gasteiger partial charge is 0.166 e. The lowest BCUT2D eigenvalue weighted by atomic mass is 10.1. The van der Waals surface area contributed by atoms with Gasteiger partial charge in [-0.25, -0.2) is 15.0 Å². The molecule has 0 unspecified atom stereocenters. The summed E-state index contributed by atoms with van der Waals surface area (Å²) in [6.07, 6.45) is 0.545. The maximum atomic E-state index is 10.2. The highest BCUT2D eigenvalue weighted by molar-refractivity contribution is 7.98. The first-order chi connectivity index (χ1) is 12.7. The highest BCUT2D eigenvalue weighted by atomic mass is 32.2. The van der Waals surface area contributed by atoms with E-state index >= 15 is 0 Å². The number of nitrogens with zero attached hydrogens (tertiary/aromatic N) is 5. The summed E-state index contributed by atoms with van der Waals surface area (Å²) in [7, 11) is 0. The molecule has 1 saturated heterocycles. The zero-order chi connectivity index (χ0) is 18.1. The van der Waals surface area contributed by atoms with E-state index in [1.807, 2.05) is 18.2 Å². The standard InChI is InChI=1S/C16H17N5O4S/c22-5-10-12(23)13(24)16(25-10)21-8-20-11-14(21)18-7-19-15(11)26-6-9-3-1-2-4-17-9/h1-4,7-8,10,12-13,16,22-24H,5-6H2/t10-,12+,13+,16-/m0/s1. The number of rotatable bonds is 5. The van der Waals surface area contributed by atoms with Crippen LogP contribution in [0.15, 0.2) is 42.1 Å². The van der Waals surface area contributed by atoms with Crippen molar-refractivity contribution in [2.24, 2.45) is 0 Å². The van der Waals surface area contributed by atoms with E-state index in [2.05, 4.69) is 19.9 Å². The van der Waals surface area contributed by atoms with Gasteiger partial charge in [-0.3, -0.25) is 9.55 Å². The first-order valence-electron chi connectivity index (χ1n) is 8.01. The first-order valence-corrected chi connectivity index (χ1v) is 9.00. The summed E-state index contributed by atoms with van der Waals surface area (Å²) in [5, 5.41) is 30.1. The minimum absolute atomic E-state index is 0.387. The SMILES string of the molecule is OC[C@@H]1O[C@H](n2cnc3c(SCc4ccccn4)ncnc32)[C@H](O)[C@@H]1O. The molecule has 0 saturated carbocycles. The van der Waals surface area contributed by atoms with E-state index in [0.29, 0.717) is 21.9 Å². The number of ether oxygens (including phenoxy) is 1. The van der Waals surface area contributed by atoms with Crippen molar-refractivity contribution >= 4 is 22.9 Å². The molecule has 4 rings (SSSR count).